The second kappa shape index (κ2) is 5.39. The fourth-order valence-corrected chi connectivity index (χ4v) is 1.85. The summed E-state index contributed by atoms with van der Waals surface area (Å²) < 4.78 is 0. The zero-order chi connectivity index (χ0) is 13.8. The first-order chi connectivity index (χ1) is 9.06. The number of hydrogen-bond donors (Lipinski definition) is 2. The number of nitrogen functional groups attached to an aromatic ring is 1. The number of amides is 1. The van der Waals surface area contributed by atoms with Crippen molar-refractivity contribution < 1.29 is 4.79 Å². The van der Waals surface area contributed by atoms with Crippen LogP contribution in [0.1, 0.15) is 16.1 Å². The number of hydrogen-bond acceptors (Lipinski definition) is 4. The molecule has 0 saturated heterocycles. The maximum Gasteiger partial charge on any atom is 0.267 e. The predicted molar refractivity (Wildman–Crippen MR) is 75.7 cm³/mol. The molecule has 2 aromatic rings. The first kappa shape index (κ1) is 12.9. The van der Waals surface area contributed by atoms with Crippen molar-refractivity contribution in [1.29, 1.82) is 0 Å². The number of nitrogens with two attached hydrogens (primary N) is 2. The molecule has 0 atom stereocenters. The molecule has 1 amide bonds. The summed E-state index contributed by atoms with van der Waals surface area (Å²) in [7, 11) is 1.93. The minimum absolute atomic E-state index is 0.261. The standard InChI is InChI=1S/C14H16N4O/c1-18(9-10-3-2-4-11(15)7-10)12-5-6-17-13(8-12)14(16)19/h2-8H,9,15H2,1H3,(H2,16,19). The van der Waals surface area contributed by atoms with Crippen molar-refractivity contribution in [3.63, 3.8) is 0 Å². The molecule has 4 N–H and O–H groups in total. The van der Waals surface area contributed by atoms with E-state index in [-0.39, 0.29) is 5.69 Å². The predicted octanol–water partition coefficient (Wildman–Crippen LogP) is 1.40. The van der Waals surface area contributed by atoms with Crippen LogP contribution < -0.4 is 16.4 Å². The van der Waals surface area contributed by atoms with Crippen molar-refractivity contribution in [2.24, 2.45) is 5.73 Å². The SMILES string of the molecule is CN(Cc1cccc(N)c1)c1ccnc(C(N)=O)c1. The van der Waals surface area contributed by atoms with Gasteiger partial charge in [-0.1, -0.05) is 12.1 Å². The lowest BCUT2D eigenvalue weighted by Crippen LogP contribution is -2.18. The van der Waals surface area contributed by atoms with Crippen molar-refractivity contribution in [2.45, 2.75) is 6.54 Å². The van der Waals surface area contributed by atoms with Crippen molar-refractivity contribution >= 4 is 17.3 Å². The molecule has 0 radical (unpaired) electrons. The lowest BCUT2D eigenvalue weighted by atomic mass is 10.2. The van der Waals surface area contributed by atoms with Crippen LogP contribution in [0.3, 0.4) is 0 Å². The van der Waals surface area contributed by atoms with Crippen LogP contribution >= 0.6 is 0 Å². The lowest BCUT2D eigenvalue weighted by Gasteiger charge is -2.19. The quantitative estimate of drug-likeness (QED) is 0.810. The van der Waals surface area contributed by atoms with Crippen LogP contribution in [0.5, 0.6) is 0 Å². The summed E-state index contributed by atoms with van der Waals surface area (Å²) in [5.74, 6) is -0.529. The van der Waals surface area contributed by atoms with Gasteiger partial charge in [0.15, 0.2) is 0 Å². The first-order valence-corrected chi connectivity index (χ1v) is 5.87. The van der Waals surface area contributed by atoms with Gasteiger partial charge >= 0.3 is 0 Å². The van der Waals surface area contributed by atoms with Crippen LogP contribution in [-0.2, 0) is 6.54 Å². The topological polar surface area (TPSA) is 85.2 Å². The fraction of sp³-hybridized carbons (Fsp3) is 0.143. The van der Waals surface area contributed by atoms with Crippen molar-refractivity contribution in [2.75, 3.05) is 17.7 Å². The van der Waals surface area contributed by atoms with Gasteiger partial charge in [0.05, 0.1) is 0 Å². The molecule has 1 aromatic carbocycles. The third-order valence-corrected chi connectivity index (χ3v) is 2.81. The highest BCUT2D eigenvalue weighted by molar-refractivity contribution is 5.91. The molecule has 5 nitrogen and oxygen atoms in total. The van der Waals surface area contributed by atoms with Gasteiger partial charge in [0.1, 0.15) is 5.69 Å². The van der Waals surface area contributed by atoms with Gasteiger partial charge in [0.2, 0.25) is 0 Å². The molecule has 0 aliphatic heterocycles. The van der Waals surface area contributed by atoms with E-state index < -0.39 is 5.91 Å². The molecule has 19 heavy (non-hydrogen) atoms. The van der Waals surface area contributed by atoms with E-state index in [0.29, 0.717) is 6.54 Å². The normalized spacial score (nSPS) is 10.2. The van der Waals surface area contributed by atoms with Gasteiger partial charge in [-0.3, -0.25) is 9.78 Å². The Hall–Kier alpha value is -2.56. The summed E-state index contributed by atoms with van der Waals surface area (Å²) in [5, 5.41) is 0. The van der Waals surface area contributed by atoms with Crippen LogP contribution in [0, 0.1) is 0 Å². The number of anilines is 2. The summed E-state index contributed by atoms with van der Waals surface area (Å²) in [6, 6.07) is 11.2. The summed E-state index contributed by atoms with van der Waals surface area (Å²) in [5.41, 5.74) is 13.9. The molecule has 5 heteroatoms. The molecule has 2 rings (SSSR count). The second-order valence-electron chi connectivity index (χ2n) is 4.36. The summed E-state index contributed by atoms with van der Waals surface area (Å²) in [4.78, 5) is 17.0. The Morgan fingerprint density at radius 2 is 2.11 bits per heavy atom. The van der Waals surface area contributed by atoms with E-state index in [9.17, 15) is 4.79 Å². The van der Waals surface area contributed by atoms with E-state index in [2.05, 4.69) is 4.98 Å². The molecule has 0 bridgehead atoms. The van der Waals surface area contributed by atoms with E-state index in [4.69, 9.17) is 11.5 Å². The molecule has 0 unspecified atom stereocenters. The smallest absolute Gasteiger partial charge is 0.267 e. The Labute approximate surface area is 111 Å². The number of rotatable bonds is 4. The minimum atomic E-state index is -0.529. The molecule has 0 aliphatic rings. The number of pyridine rings is 1. The Balaban J connectivity index is 2.18. The maximum atomic E-state index is 11.1. The number of carbonyl (C=O) groups excluding carboxylic acids is 1. The zero-order valence-electron chi connectivity index (χ0n) is 10.7. The molecule has 1 heterocycles. The fourth-order valence-electron chi connectivity index (χ4n) is 1.85. The van der Waals surface area contributed by atoms with E-state index in [1.165, 1.54) is 0 Å². The molecule has 0 aliphatic carbocycles. The average Bonchev–Trinajstić information content (AvgIpc) is 2.39. The van der Waals surface area contributed by atoms with E-state index in [1.54, 1.807) is 12.3 Å². The van der Waals surface area contributed by atoms with Gasteiger partial charge in [-0.15, -0.1) is 0 Å². The van der Waals surface area contributed by atoms with Crippen LogP contribution in [-0.4, -0.2) is 17.9 Å². The molecule has 0 spiro atoms. The van der Waals surface area contributed by atoms with Gasteiger partial charge in [-0.25, -0.2) is 0 Å². The van der Waals surface area contributed by atoms with E-state index >= 15 is 0 Å². The zero-order valence-corrected chi connectivity index (χ0v) is 10.7. The highest BCUT2D eigenvalue weighted by Crippen LogP contribution is 2.16. The highest BCUT2D eigenvalue weighted by atomic mass is 16.1. The van der Waals surface area contributed by atoms with Crippen LogP contribution in [0.2, 0.25) is 0 Å². The second-order valence-corrected chi connectivity index (χ2v) is 4.36. The average molecular weight is 256 g/mol. The van der Waals surface area contributed by atoms with Crippen LogP contribution in [0.15, 0.2) is 42.6 Å². The molecule has 0 saturated carbocycles. The van der Waals surface area contributed by atoms with Gasteiger partial charge in [-0.2, -0.15) is 0 Å². The Morgan fingerprint density at radius 1 is 1.32 bits per heavy atom. The van der Waals surface area contributed by atoms with Gasteiger partial charge in [-0.05, 0) is 29.8 Å². The number of benzene rings is 1. The third-order valence-electron chi connectivity index (χ3n) is 2.81. The monoisotopic (exact) mass is 256 g/mol. The molecular formula is C14H16N4O. The number of aromatic nitrogens is 1. The summed E-state index contributed by atoms with van der Waals surface area (Å²) >= 11 is 0. The number of nitrogens with zero attached hydrogens (tertiary/aromatic N) is 2. The first-order valence-electron chi connectivity index (χ1n) is 5.87. The maximum absolute atomic E-state index is 11.1. The number of primary amides is 1. The van der Waals surface area contributed by atoms with E-state index in [1.807, 2.05) is 42.3 Å². The van der Waals surface area contributed by atoms with Crippen LogP contribution in [0.25, 0.3) is 0 Å². The lowest BCUT2D eigenvalue weighted by molar-refractivity contribution is 0.0995. The molecule has 0 fully saturated rings. The van der Waals surface area contributed by atoms with Gasteiger partial charge in [0, 0.05) is 31.2 Å². The molecule has 1 aromatic heterocycles. The van der Waals surface area contributed by atoms with Crippen molar-refractivity contribution in [3.05, 3.63) is 53.9 Å². The van der Waals surface area contributed by atoms with Crippen LogP contribution in [0.4, 0.5) is 11.4 Å². The summed E-state index contributed by atoms with van der Waals surface area (Å²) in [6.07, 6.45) is 1.57. The highest BCUT2D eigenvalue weighted by Gasteiger charge is 2.07. The molecule has 98 valence electrons. The van der Waals surface area contributed by atoms with Gasteiger partial charge in [0.25, 0.3) is 5.91 Å². The van der Waals surface area contributed by atoms with Crippen molar-refractivity contribution in [3.8, 4) is 0 Å². The third kappa shape index (κ3) is 3.22. The van der Waals surface area contributed by atoms with E-state index in [0.717, 1.165) is 16.9 Å². The Kier molecular flexibility index (Phi) is 3.66. The largest absolute Gasteiger partial charge is 0.399 e. The van der Waals surface area contributed by atoms with Gasteiger partial charge < -0.3 is 16.4 Å². The Bertz CT molecular complexity index is 598. The van der Waals surface area contributed by atoms with Crippen molar-refractivity contribution in [1.82, 2.24) is 4.98 Å². The summed E-state index contributed by atoms with van der Waals surface area (Å²) in [6.45, 7) is 0.688. The number of carbonyl (C=O) groups is 1. The Morgan fingerprint density at radius 3 is 2.79 bits per heavy atom. The molecular weight excluding hydrogens is 240 g/mol. The minimum Gasteiger partial charge on any atom is -0.399 e.